The van der Waals surface area contributed by atoms with E-state index in [0.717, 1.165) is 5.56 Å². The number of ether oxygens (including phenoxy) is 2. The van der Waals surface area contributed by atoms with Crippen LogP contribution in [0.5, 0.6) is 0 Å². The summed E-state index contributed by atoms with van der Waals surface area (Å²) < 4.78 is 10.8. The molecule has 4 heteroatoms. The van der Waals surface area contributed by atoms with Crippen molar-refractivity contribution < 1.29 is 14.3 Å². The molecule has 0 saturated carbocycles. The van der Waals surface area contributed by atoms with E-state index in [0.29, 0.717) is 6.61 Å². The van der Waals surface area contributed by atoms with Gasteiger partial charge in [0.05, 0.1) is 12.6 Å². The Morgan fingerprint density at radius 3 is 2.87 bits per heavy atom. The molecule has 2 aliphatic heterocycles. The average molecular weight is 205 g/mol. The van der Waals surface area contributed by atoms with E-state index in [1.54, 1.807) is 0 Å². The number of amides is 1. The Balaban J connectivity index is 1.87. The molecular formula is C11H11NO3. The van der Waals surface area contributed by atoms with E-state index < -0.39 is 0 Å². The molecular weight excluding hydrogens is 194 g/mol. The molecule has 0 aromatic heterocycles. The Bertz CT molecular complexity index is 379. The zero-order chi connectivity index (χ0) is 10.3. The standard InChI is InChI=1S/C11H11NO3/c13-11-12-8-6-14-9(10(8)15-11)7-4-2-1-3-5-7/h1-5,8-10H,6H2,(H,12,13)/t8-,9-,10+/m0/s1. The van der Waals surface area contributed by atoms with Gasteiger partial charge in [-0.05, 0) is 5.56 Å². The summed E-state index contributed by atoms with van der Waals surface area (Å²) in [6.45, 7) is 0.524. The topological polar surface area (TPSA) is 47.6 Å². The van der Waals surface area contributed by atoms with Gasteiger partial charge < -0.3 is 14.8 Å². The van der Waals surface area contributed by atoms with Gasteiger partial charge in [0, 0.05) is 0 Å². The van der Waals surface area contributed by atoms with Crippen LogP contribution in [0.25, 0.3) is 0 Å². The highest BCUT2D eigenvalue weighted by molar-refractivity contribution is 5.70. The van der Waals surface area contributed by atoms with Gasteiger partial charge in [0.2, 0.25) is 0 Å². The number of alkyl carbamates (subject to hydrolysis) is 1. The fourth-order valence-electron chi connectivity index (χ4n) is 2.11. The second kappa shape index (κ2) is 3.24. The summed E-state index contributed by atoms with van der Waals surface area (Å²) in [4.78, 5) is 11.0. The summed E-state index contributed by atoms with van der Waals surface area (Å²) in [5.41, 5.74) is 1.06. The van der Waals surface area contributed by atoms with Gasteiger partial charge in [-0.1, -0.05) is 30.3 Å². The lowest BCUT2D eigenvalue weighted by atomic mass is 10.0. The maximum Gasteiger partial charge on any atom is 0.408 e. The van der Waals surface area contributed by atoms with Crippen LogP contribution in [-0.4, -0.2) is 24.8 Å². The largest absolute Gasteiger partial charge is 0.441 e. The zero-order valence-corrected chi connectivity index (χ0v) is 8.05. The van der Waals surface area contributed by atoms with Gasteiger partial charge in [-0.3, -0.25) is 0 Å². The molecule has 0 unspecified atom stereocenters. The Morgan fingerprint density at radius 2 is 2.07 bits per heavy atom. The smallest absolute Gasteiger partial charge is 0.408 e. The third-order valence-electron chi connectivity index (χ3n) is 2.82. The van der Waals surface area contributed by atoms with Crippen LogP contribution in [0.3, 0.4) is 0 Å². The van der Waals surface area contributed by atoms with Crippen LogP contribution in [0.4, 0.5) is 4.79 Å². The maximum atomic E-state index is 11.0. The average Bonchev–Trinajstić information content (AvgIpc) is 2.77. The van der Waals surface area contributed by atoms with Crippen LogP contribution >= 0.6 is 0 Å². The van der Waals surface area contributed by atoms with E-state index in [-0.39, 0.29) is 24.3 Å². The van der Waals surface area contributed by atoms with Crippen LogP contribution in [0, 0.1) is 0 Å². The van der Waals surface area contributed by atoms with E-state index in [1.807, 2.05) is 30.3 Å². The highest BCUT2D eigenvalue weighted by atomic mass is 16.6. The highest BCUT2D eigenvalue weighted by Crippen LogP contribution is 2.34. The molecule has 4 nitrogen and oxygen atoms in total. The molecule has 0 spiro atoms. The number of hydrogen-bond donors (Lipinski definition) is 1. The quantitative estimate of drug-likeness (QED) is 0.750. The number of rotatable bonds is 1. The van der Waals surface area contributed by atoms with Gasteiger partial charge >= 0.3 is 6.09 Å². The van der Waals surface area contributed by atoms with Crippen molar-refractivity contribution in [2.45, 2.75) is 18.2 Å². The van der Waals surface area contributed by atoms with Crippen molar-refractivity contribution in [1.82, 2.24) is 5.32 Å². The molecule has 3 atom stereocenters. The number of hydrogen-bond acceptors (Lipinski definition) is 3. The van der Waals surface area contributed by atoms with Crippen molar-refractivity contribution in [3.8, 4) is 0 Å². The van der Waals surface area contributed by atoms with Crippen LogP contribution in [-0.2, 0) is 9.47 Å². The fourth-order valence-corrected chi connectivity index (χ4v) is 2.11. The third kappa shape index (κ3) is 1.37. The molecule has 0 aliphatic carbocycles. The molecule has 1 aromatic carbocycles. The monoisotopic (exact) mass is 205 g/mol. The van der Waals surface area contributed by atoms with Crippen molar-refractivity contribution in [1.29, 1.82) is 0 Å². The minimum Gasteiger partial charge on any atom is -0.441 e. The summed E-state index contributed by atoms with van der Waals surface area (Å²) in [6, 6.07) is 9.84. The first-order chi connectivity index (χ1) is 7.34. The molecule has 2 aliphatic rings. The molecule has 0 bridgehead atoms. The Kier molecular flexibility index (Phi) is 1.89. The Labute approximate surface area is 87.2 Å². The van der Waals surface area contributed by atoms with Crippen molar-refractivity contribution in [2.75, 3.05) is 6.61 Å². The van der Waals surface area contributed by atoms with E-state index >= 15 is 0 Å². The molecule has 1 aromatic rings. The van der Waals surface area contributed by atoms with E-state index in [2.05, 4.69) is 5.32 Å². The van der Waals surface area contributed by atoms with Gasteiger partial charge in [0.1, 0.15) is 6.10 Å². The van der Waals surface area contributed by atoms with Crippen LogP contribution in [0.2, 0.25) is 0 Å². The van der Waals surface area contributed by atoms with E-state index in [4.69, 9.17) is 9.47 Å². The first kappa shape index (κ1) is 8.73. The predicted octanol–water partition coefficient (Wildman–Crippen LogP) is 1.23. The predicted molar refractivity (Wildman–Crippen MR) is 52.3 cm³/mol. The van der Waals surface area contributed by atoms with Crippen LogP contribution < -0.4 is 5.32 Å². The van der Waals surface area contributed by atoms with Gasteiger partial charge in [0.25, 0.3) is 0 Å². The van der Waals surface area contributed by atoms with Gasteiger partial charge in [0.15, 0.2) is 6.10 Å². The van der Waals surface area contributed by atoms with Crippen molar-refractivity contribution >= 4 is 6.09 Å². The highest BCUT2D eigenvalue weighted by Gasteiger charge is 2.46. The SMILES string of the molecule is O=C1N[C@H]2CO[C@@H](c3ccccc3)[C@@H]2O1. The lowest BCUT2D eigenvalue weighted by Gasteiger charge is -2.15. The lowest BCUT2D eigenvalue weighted by Crippen LogP contribution is -2.30. The van der Waals surface area contributed by atoms with Crippen molar-refractivity contribution in [3.05, 3.63) is 35.9 Å². The second-order valence-electron chi connectivity index (χ2n) is 3.79. The maximum absolute atomic E-state index is 11.0. The molecule has 78 valence electrons. The number of carbonyl (C=O) groups is 1. The molecule has 1 N–H and O–H groups in total. The first-order valence-electron chi connectivity index (χ1n) is 4.98. The fraction of sp³-hybridized carbons (Fsp3) is 0.364. The van der Waals surface area contributed by atoms with Crippen LogP contribution in [0.15, 0.2) is 30.3 Å². The lowest BCUT2D eigenvalue weighted by molar-refractivity contribution is 0.0342. The molecule has 2 fully saturated rings. The van der Waals surface area contributed by atoms with Crippen molar-refractivity contribution in [3.63, 3.8) is 0 Å². The normalized spacial score (nSPS) is 33.3. The van der Waals surface area contributed by atoms with Gasteiger partial charge in [-0.15, -0.1) is 0 Å². The summed E-state index contributed by atoms with van der Waals surface area (Å²) in [5.74, 6) is 0. The number of benzene rings is 1. The zero-order valence-electron chi connectivity index (χ0n) is 8.05. The molecule has 15 heavy (non-hydrogen) atoms. The number of nitrogens with one attached hydrogen (secondary N) is 1. The Morgan fingerprint density at radius 1 is 1.27 bits per heavy atom. The number of fused-ring (bicyclic) bond motifs is 1. The third-order valence-corrected chi connectivity index (χ3v) is 2.82. The molecule has 2 heterocycles. The summed E-state index contributed by atoms with van der Waals surface area (Å²) in [6.07, 6.45) is -0.649. The van der Waals surface area contributed by atoms with Crippen LogP contribution in [0.1, 0.15) is 11.7 Å². The minimum absolute atomic E-state index is 0.00251. The second-order valence-corrected chi connectivity index (χ2v) is 3.79. The van der Waals surface area contributed by atoms with E-state index in [1.165, 1.54) is 0 Å². The molecule has 2 saturated heterocycles. The van der Waals surface area contributed by atoms with Gasteiger partial charge in [-0.2, -0.15) is 0 Å². The Hall–Kier alpha value is -1.55. The summed E-state index contributed by atoms with van der Waals surface area (Å²) >= 11 is 0. The summed E-state index contributed by atoms with van der Waals surface area (Å²) in [7, 11) is 0. The van der Waals surface area contributed by atoms with Crippen molar-refractivity contribution in [2.24, 2.45) is 0 Å². The first-order valence-corrected chi connectivity index (χ1v) is 4.98. The molecule has 1 amide bonds. The summed E-state index contributed by atoms with van der Waals surface area (Å²) in [5, 5.41) is 2.73. The molecule has 3 rings (SSSR count). The van der Waals surface area contributed by atoms with Gasteiger partial charge in [-0.25, -0.2) is 4.79 Å². The minimum atomic E-state index is -0.339. The molecule has 0 radical (unpaired) electrons. The number of carbonyl (C=O) groups excluding carboxylic acids is 1. The van der Waals surface area contributed by atoms with E-state index in [9.17, 15) is 4.79 Å².